The number of fused-ring (bicyclic) bond motifs is 1. The number of pyridine rings is 1. The molecule has 0 atom stereocenters. The van der Waals surface area contributed by atoms with Crippen molar-refractivity contribution >= 4 is 5.65 Å². The molecule has 0 aliphatic heterocycles. The van der Waals surface area contributed by atoms with E-state index in [0.29, 0.717) is 11.4 Å². The minimum atomic E-state index is -1.59. The largest absolute Gasteiger partial charge is 0.496 e. The zero-order valence-corrected chi connectivity index (χ0v) is 7.58. The van der Waals surface area contributed by atoms with Crippen molar-refractivity contribution in [2.45, 2.75) is 6.29 Å². The number of hydrogen-bond donors (Lipinski definition) is 2. The van der Waals surface area contributed by atoms with Gasteiger partial charge < -0.3 is 19.4 Å². The van der Waals surface area contributed by atoms with Crippen LogP contribution in [0.5, 0.6) is 5.75 Å². The quantitative estimate of drug-likeness (QED) is 0.676. The molecule has 0 fully saturated rings. The van der Waals surface area contributed by atoms with Gasteiger partial charge in [-0.3, -0.25) is 0 Å². The molecule has 2 N–H and O–H groups in total. The monoisotopic (exact) mass is 194 g/mol. The second-order valence-electron chi connectivity index (χ2n) is 2.83. The van der Waals surface area contributed by atoms with Crippen LogP contribution < -0.4 is 4.74 Å². The van der Waals surface area contributed by atoms with E-state index < -0.39 is 6.29 Å². The van der Waals surface area contributed by atoms with E-state index in [0.717, 1.165) is 0 Å². The summed E-state index contributed by atoms with van der Waals surface area (Å²) in [6.07, 6.45) is 3.46. The molecule has 2 aromatic rings. The van der Waals surface area contributed by atoms with E-state index in [9.17, 15) is 10.2 Å². The Morgan fingerprint density at radius 1 is 1.43 bits per heavy atom. The smallest absolute Gasteiger partial charge is 0.185 e. The zero-order valence-electron chi connectivity index (χ0n) is 7.58. The zero-order chi connectivity index (χ0) is 10.1. The van der Waals surface area contributed by atoms with Crippen LogP contribution in [-0.4, -0.2) is 26.7 Å². The molecule has 5 nitrogen and oxygen atoms in total. The Morgan fingerprint density at radius 2 is 2.21 bits per heavy atom. The van der Waals surface area contributed by atoms with Crippen LogP contribution >= 0.6 is 0 Å². The fourth-order valence-corrected chi connectivity index (χ4v) is 1.41. The molecule has 0 saturated heterocycles. The molecule has 0 amide bonds. The van der Waals surface area contributed by atoms with Gasteiger partial charge in [-0.1, -0.05) is 0 Å². The summed E-state index contributed by atoms with van der Waals surface area (Å²) in [4.78, 5) is 4.01. The standard InChI is InChI=1S/C9H10N2O3/c1-14-6-2-4-11-5-3-10-8(11)7(6)9(12)13/h2-5,9,12-13H,1H3. The molecule has 0 saturated carbocycles. The van der Waals surface area contributed by atoms with Gasteiger partial charge in [0.05, 0.1) is 12.7 Å². The maximum absolute atomic E-state index is 9.17. The van der Waals surface area contributed by atoms with Crippen LogP contribution in [0.2, 0.25) is 0 Å². The van der Waals surface area contributed by atoms with E-state index in [4.69, 9.17) is 4.74 Å². The first-order valence-corrected chi connectivity index (χ1v) is 4.09. The van der Waals surface area contributed by atoms with E-state index in [2.05, 4.69) is 4.98 Å². The predicted octanol–water partition coefficient (Wildman–Crippen LogP) is 0.326. The van der Waals surface area contributed by atoms with Crippen molar-refractivity contribution < 1.29 is 14.9 Å². The maximum atomic E-state index is 9.17. The minimum Gasteiger partial charge on any atom is -0.496 e. The van der Waals surface area contributed by atoms with Crippen molar-refractivity contribution in [3.63, 3.8) is 0 Å². The number of ether oxygens (including phenoxy) is 1. The van der Waals surface area contributed by atoms with Crippen LogP contribution in [0.1, 0.15) is 11.9 Å². The normalized spacial score (nSPS) is 11.1. The van der Waals surface area contributed by atoms with Crippen molar-refractivity contribution in [1.29, 1.82) is 0 Å². The Bertz CT molecular complexity index is 450. The van der Waals surface area contributed by atoms with Crippen molar-refractivity contribution in [3.8, 4) is 5.75 Å². The summed E-state index contributed by atoms with van der Waals surface area (Å²) in [6, 6.07) is 1.66. The first-order chi connectivity index (χ1) is 6.74. The summed E-state index contributed by atoms with van der Waals surface area (Å²) in [5, 5.41) is 18.3. The van der Waals surface area contributed by atoms with Gasteiger partial charge in [0.2, 0.25) is 0 Å². The second-order valence-corrected chi connectivity index (χ2v) is 2.83. The van der Waals surface area contributed by atoms with Crippen LogP contribution in [0.25, 0.3) is 5.65 Å². The van der Waals surface area contributed by atoms with Gasteiger partial charge in [0, 0.05) is 18.6 Å². The van der Waals surface area contributed by atoms with Gasteiger partial charge >= 0.3 is 0 Å². The van der Waals surface area contributed by atoms with E-state index in [1.807, 2.05) is 0 Å². The lowest BCUT2D eigenvalue weighted by Crippen LogP contribution is -2.02. The number of nitrogens with zero attached hydrogens (tertiary/aromatic N) is 2. The number of aliphatic hydroxyl groups is 2. The summed E-state index contributed by atoms with van der Waals surface area (Å²) >= 11 is 0. The van der Waals surface area contributed by atoms with Gasteiger partial charge in [-0.15, -0.1) is 0 Å². The first kappa shape index (κ1) is 8.98. The molecular formula is C9H10N2O3. The average Bonchev–Trinajstić information content (AvgIpc) is 2.62. The molecule has 14 heavy (non-hydrogen) atoms. The fourth-order valence-electron chi connectivity index (χ4n) is 1.41. The third-order valence-corrected chi connectivity index (χ3v) is 2.04. The lowest BCUT2D eigenvalue weighted by molar-refractivity contribution is -0.0430. The molecule has 0 aliphatic rings. The van der Waals surface area contributed by atoms with Gasteiger partial charge in [0.1, 0.15) is 11.4 Å². The summed E-state index contributed by atoms with van der Waals surface area (Å²) in [7, 11) is 1.47. The topological polar surface area (TPSA) is 67.0 Å². The Hall–Kier alpha value is -1.59. The third kappa shape index (κ3) is 1.23. The lowest BCUT2D eigenvalue weighted by Gasteiger charge is -2.10. The van der Waals surface area contributed by atoms with Crippen LogP contribution in [0.4, 0.5) is 0 Å². The highest BCUT2D eigenvalue weighted by Crippen LogP contribution is 2.26. The minimum absolute atomic E-state index is 0.278. The van der Waals surface area contributed by atoms with Gasteiger partial charge in [-0.25, -0.2) is 4.98 Å². The molecule has 2 aromatic heterocycles. The molecule has 0 unspecified atom stereocenters. The number of hydrogen-bond acceptors (Lipinski definition) is 4. The fraction of sp³-hybridized carbons (Fsp3) is 0.222. The number of aromatic nitrogens is 2. The van der Waals surface area contributed by atoms with Crippen LogP contribution in [-0.2, 0) is 0 Å². The number of aliphatic hydroxyl groups excluding tert-OH is 1. The predicted molar refractivity (Wildman–Crippen MR) is 48.9 cm³/mol. The highest BCUT2D eigenvalue weighted by Gasteiger charge is 2.15. The van der Waals surface area contributed by atoms with Gasteiger partial charge in [0.25, 0.3) is 0 Å². The molecule has 0 bridgehead atoms. The Kier molecular flexibility index (Phi) is 2.11. The number of rotatable bonds is 2. The van der Waals surface area contributed by atoms with Crippen LogP contribution in [0, 0.1) is 0 Å². The molecule has 0 radical (unpaired) electrons. The van der Waals surface area contributed by atoms with Gasteiger partial charge in [0.15, 0.2) is 6.29 Å². The summed E-state index contributed by atoms with van der Waals surface area (Å²) in [6.45, 7) is 0. The lowest BCUT2D eigenvalue weighted by atomic mass is 10.2. The molecule has 2 rings (SSSR count). The van der Waals surface area contributed by atoms with E-state index in [1.54, 1.807) is 29.1 Å². The van der Waals surface area contributed by atoms with Gasteiger partial charge in [-0.2, -0.15) is 0 Å². The summed E-state index contributed by atoms with van der Waals surface area (Å²) in [5.41, 5.74) is 0.763. The van der Waals surface area contributed by atoms with Crippen molar-refractivity contribution in [1.82, 2.24) is 9.38 Å². The van der Waals surface area contributed by atoms with Crippen LogP contribution in [0.3, 0.4) is 0 Å². The molecule has 0 aliphatic carbocycles. The average molecular weight is 194 g/mol. The highest BCUT2D eigenvalue weighted by atomic mass is 16.5. The van der Waals surface area contributed by atoms with Crippen molar-refractivity contribution in [2.24, 2.45) is 0 Å². The van der Waals surface area contributed by atoms with Gasteiger partial charge in [-0.05, 0) is 6.07 Å². The highest BCUT2D eigenvalue weighted by molar-refractivity contribution is 5.55. The Balaban J connectivity index is 2.75. The molecule has 74 valence electrons. The van der Waals surface area contributed by atoms with E-state index in [1.165, 1.54) is 7.11 Å². The van der Waals surface area contributed by atoms with E-state index in [-0.39, 0.29) is 5.56 Å². The summed E-state index contributed by atoms with van der Waals surface area (Å²) < 4.78 is 6.70. The Labute approximate surface area is 80.2 Å². The maximum Gasteiger partial charge on any atom is 0.185 e. The molecular weight excluding hydrogens is 184 g/mol. The van der Waals surface area contributed by atoms with Crippen molar-refractivity contribution in [3.05, 3.63) is 30.2 Å². The SMILES string of the molecule is COc1ccn2ccnc2c1C(O)O. The van der Waals surface area contributed by atoms with Crippen LogP contribution in [0.15, 0.2) is 24.7 Å². The second kappa shape index (κ2) is 3.28. The molecule has 5 heteroatoms. The molecule has 2 heterocycles. The third-order valence-electron chi connectivity index (χ3n) is 2.04. The van der Waals surface area contributed by atoms with E-state index >= 15 is 0 Å². The first-order valence-electron chi connectivity index (χ1n) is 4.09. The molecule has 0 aromatic carbocycles. The summed E-state index contributed by atoms with van der Waals surface area (Å²) in [5.74, 6) is 0.415. The molecule has 0 spiro atoms. The van der Waals surface area contributed by atoms with Crippen molar-refractivity contribution in [2.75, 3.05) is 7.11 Å². The Morgan fingerprint density at radius 3 is 2.86 bits per heavy atom. The number of imidazole rings is 1. The number of methoxy groups -OCH3 is 1.